The van der Waals surface area contributed by atoms with Gasteiger partial charge >= 0.3 is 65.0 Å². The average Bonchev–Trinajstić information content (AvgIpc) is 0.912. The molecule has 0 unspecified atom stereocenters. The van der Waals surface area contributed by atoms with Gasteiger partial charge in [-0.25, -0.2) is 8.78 Å². The van der Waals surface area contributed by atoms with Gasteiger partial charge in [-0.05, 0) is 163 Å². The van der Waals surface area contributed by atoms with Crippen LogP contribution in [-0.4, -0.2) is 108 Å². The van der Waals surface area contributed by atoms with Crippen molar-refractivity contribution in [2.24, 2.45) is 0 Å². The van der Waals surface area contributed by atoms with Crippen LogP contribution < -0.4 is 18.9 Å². The van der Waals surface area contributed by atoms with Crippen LogP contribution in [-0.2, 0) is 12.3 Å². The smallest absolute Gasteiger partial charge is 0.460 e. The number of hydrogen-bond donors (Lipinski definition) is 0. The molecule has 0 radical (unpaired) electrons. The lowest BCUT2D eigenvalue weighted by atomic mass is 9.99. The number of alkyl halides is 18. The number of ether oxygens (including phenoxy) is 4. The molecule has 0 amide bonds. The van der Waals surface area contributed by atoms with Gasteiger partial charge in [-0.3, -0.25) is 0 Å². The second-order valence-electron chi connectivity index (χ2n) is 23.1. The van der Waals surface area contributed by atoms with Crippen LogP contribution in [0.3, 0.4) is 0 Å². The molecule has 0 aliphatic heterocycles. The van der Waals surface area contributed by atoms with Crippen molar-refractivity contribution in [3.63, 3.8) is 0 Å². The van der Waals surface area contributed by atoms with Crippen molar-refractivity contribution in [3.05, 3.63) is 96.1 Å². The van der Waals surface area contributed by atoms with Gasteiger partial charge < -0.3 is 31.3 Å². The topological polar surface area (TPSA) is 64.6 Å². The predicted octanol–water partition coefficient (Wildman–Crippen LogP) is 20.5. The summed E-state index contributed by atoms with van der Waals surface area (Å²) in [4.78, 5) is 0. The summed E-state index contributed by atoms with van der Waals surface area (Å²) in [6.07, 6.45) is -18.3. The van der Waals surface area contributed by atoms with E-state index in [1.807, 2.05) is 52.4 Å². The molecule has 0 heterocycles. The second-order valence-corrected chi connectivity index (χ2v) is 39.2. The van der Waals surface area contributed by atoms with Crippen LogP contribution in [0.4, 0.5) is 96.6 Å². The Morgan fingerprint density at radius 3 is 0.910 bits per heavy atom. The van der Waals surface area contributed by atoms with Crippen molar-refractivity contribution in [2.45, 2.75) is 177 Å². The van der Waals surface area contributed by atoms with E-state index in [0.29, 0.717) is 37.8 Å². The summed E-state index contributed by atoms with van der Waals surface area (Å²) in [5.74, 6) is -44.3. The van der Waals surface area contributed by atoms with Crippen LogP contribution in [0.1, 0.15) is 64.2 Å². The molecule has 0 aromatic heterocycles. The molecule has 0 aliphatic rings. The second kappa shape index (κ2) is 29.5. The van der Waals surface area contributed by atoms with Crippen molar-refractivity contribution in [2.75, 3.05) is 26.4 Å². The molecule has 0 spiro atoms. The fourth-order valence-electron chi connectivity index (χ4n) is 9.34. The van der Waals surface area contributed by atoms with Gasteiger partial charge in [-0.1, -0.05) is 37.1 Å². The highest BCUT2D eigenvalue weighted by molar-refractivity contribution is 6.89. The van der Waals surface area contributed by atoms with E-state index in [1.165, 1.54) is 72.8 Å². The lowest BCUT2D eigenvalue weighted by molar-refractivity contribution is -0.396. The number of hydrogen-bond acceptors (Lipinski definition) is 7. The molecule has 0 bridgehead atoms. The van der Waals surface area contributed by atoms with Crippen LogP contribution in [0.25, 0.3) is 22.3 Å². The molecule has 7 nitrogen and oxygen atoms in total. The van der Waals surface area contributed by atoms with Gasteiger partial charge in [0, 0.05) is 24.0 Å². The Labute approximate surface area is 504 Å². The zero-order valence-electron chi connectivity index (χ0n) is 49.4. The SMILES string of the molecule is C[Si](C)(CCCCOc1ccc(-c2ccc(OCCCCC(F)(F)C(F)(F)C(F)(F)C(F)(F)F)cc2)c(F)c1F)O[Si](C)(C)O[Si](C)(C)O[Si](C)(C)CCCCOc1ccc(-c2ccc(OCCCCC(F)(F)C(F)(F)C(F)(F)C(F)(F)F)cc2)c(F)c1F. The Balaban J connectivity index is 1.14. The summed E-state index contributed by atoms with van der Waals surface area (Å²) in [6, 6.07) is 16.8. The first-order chi connectivity index (χ1) is 40.5. The molecule has 4 rings (SSSR count). The minimum atomic E-state index is -6.97. The maximum Gasteiger partial charge on any atom is 0.460 e. The fraction of sp³-hybridized carbons (Fsp3) is 0.571. The Morgan fingerprint density at radius 1 is 0.315 bits per heavy atom. The monoisotopic (exact) mass is 1380 g/mol. The zero-order chi connectivity index (χ0) is 67.7. The van der Waals surface area contributed by atoms with E-state index < -0.39 is 157 Å². The van der Waals surface area contributed by atoms with Crippen molar-refractivity contribution >= 4 is 33.8 Å². The van der Waals surface area contributed by atoms with E-state index in [0.717, 1.165) is 0 Å². The highest BCUT2D eigenvalue weighted by Crippen LogP contribution is 2.56. The van der Waals surface area contributed by atoms with E-state index in [2.05, 4.69) is 0 Å². The first-order valence-corrected chi connectivity index (χ1v) is 39.6. The van der Waals surface area contributed by atoms with Crippen LogP contribution in [0.15, 0.2) is 72.8 Å². The lowest BCUT2D eigenvalue weighted by Crippen LogP contribution is -2.60. The van der Waals surface area contributed by atoms with Crippen LogP contribution in [0.2, 0.25) is 64.5 Å². The molecule has 4 aromatic carbocycles. The molecule has 0 N–H and O–H groups in total. The van der Waals surface area contributed by atoms with Crippen molar-refractivity contribution in [1.29, 1.82) is 0 Å². The molecule has 0 saturated carbocycles. The van der Waals surface area contributed by atoms with Gasteiger partial charge in [0.05, 0.1) is 26.4 Å². The summed E-state index contributed by atoms with van der Waals surface area (Å²) in [6.45, 7) is 15.1. The molecule has 0 atom stereocenters. The number of unbranched alkanes of at least 4 members (excludes halogenated alkanes) is 4. The Kier molecular flexibility index (Phi) is 25.4. The standard InChI is InChI=1S/C56H68F22O7Si4/c1-86(2,35-15-13-33-81-43-27-25-41(45(57)47(43)59)37-17-21-39(22-18-37)79-31-11-9-29-49(61,62)51(65,66)53(69,70)55(73,74)75)83-88(5,6)85-89(7,8)84-87(3,4)36-16-14-34-82-44-28-26-42(46(58)48(44)60)38-19-23-40(24-20-38)80-32-12-10-30-50(63,64)52(67,68)54(71,72)56(76,77)78/h17-28H,9-16,29-36H2,1-8H3. The van der Waals surface area contributed by atoms with Gasteiger partial charge in [0.1, 0.15) is 11.5 Å². The van der Waals surface area contributed by atoms with E-state index >= 15 is 17.6 Å². The minimum Gasteiger partial charge on any atom is -0.494 e. The molecule has 33 heteroatoms. The molecule has 504 valence electrons. The Hall–Kier alpha value is -4.71. The third-order valence-corrected chi connectivity index (χ3v) is 29.0. The fourth-order valence-corrected chi connectivity index (χ4v) is 28.8. The van der Waals surface area contributed by atoms with Crippen LogP contribution in [0.5, 0.6) is 23.0 Å². The molecule has 0 fully saturated rings. The van der Waals surface area contributed by atoms with Gasteiger partial charge in [-0.2, -0.15) is 87.8 Å². The quantitative estimate of drug-likeness (QED) is 0.0255. The molecular weight excluding hydrogens is 1310 g/mol. The molecule has 4 aromatic rings. The van der Waals surface area contributed by atoms with Crippen molar-refractivity contribution in [1.82, 2.24) is 0 Å². The summed E-state index contributed by atoms with van der Waals surface area (Å²) < 4.78 is 338. The van der Waals surface area contributed by atoms with E-state index in [1.54, 1.807) is 0 Å². The Morgan fingerprint density at radius 2 is 0.607 bits per heavy atom. The van der Waals surface area contributed by atoms with E-state index in [4.69, 9.17) is 31.3 Å². The highest BCUT2D eigenvalue weighted by Gasteiger charge is 2.82. The van der Waals surface area contributed by atoms with Gasteiger partial charge in [-0.15, -0.1) is 0 Å². The zero-order valence-corrected chi connectivity index (χ0v) is 53.4. The first kappa shape index (κ1) is 76.7. The van der Waals surface area contributed by atoms with Gasteiger partial charge in [0.15, 0.2) is 39.8 Å². The van der Waals surface area contributed by atoms with Crippen LogP contribution >= 0.6 is 0 Å². The summed E-state index contributed by atoms with van der Waals surface area (Å²) in [7, 11) is -10.3. The summed E-state index contributed by atoms with van der Waals surface area (Å²) >= 11 is 0. The minimum absolute atomic E-state index is 0.0411. The number of rotatable bonds is 36. The summed E-state index contributed by atoms with van der Waals surface area (Å²) in [5.41, 5.74) is 0.0403. The number of benzene rings is 4. The molecular formula is C56H68F22O7Si4. The van der Waals surface area contributed by atoms with Crippen molar-refractivity contribution < 1.29 is 128 Å². The predicted molar refractivity (Wildman–Crippen MR) is 296 cm³/mol. The molecule has 0 aliphatic carbocycles. The molecule has 89 heavy (non-hydrogen) atoms. The maximum atomic E-state index is 15.3. The highest BCUT2D eigenvalue weighted by atomic mass is 28.5. The van der Waals surface area contributed by atoms with Gasteiger partial charge in [0.2, 0.25) is 11.6 Å². The Bertz CT molecular complexity index is 2720. The average molecular weight is 1380 g/mol. The van der Waals surface area contributed by atoms with Gasteiger partial charge in [0.25, 0.3) is 0 Å². The van der Waals surface area contributed by atoms with E-state index in [9.17, 15) is 79.0 Å². The third-order valence-electron chi connectivity index (χ3n) is 13.5. The molecule has 0 saturated heterocycles. The first-order valence-electron chi connectivity index (χ1n) is 27.7. The third kappa shape index (κ3) is 20.1. The normalized spacial score (nSPS) is 13.9. The van der Waals surface area contributed by atoms with Crippen LogP contribution in [0, 0.1) is 23.3 Å². The lowest BCUT2D eigenvalue weighted by Gasteiger charge is -2.41. The van der Waals surface area contributed by atoms with E-state index in [-0.39, 0.29) is 58.5 Å². The summed E-state index contributed by atoms with van der Waals surface area (Å²) in [5, 5.41) is 0. The maximum absolute atomic E-state index is 15.3. The number of halogens is 22. The van der Waals surface area contributed by atoms with Crippen molar-refractivity contribution in [3.8, 4) is 45.3 Å². The largest absolute Gasteiger partial charge is 0.494 e.